The first-order valence-corrected chi connectivity index (χ1v) is 6.54. The molecule has 0 aliphatic carbocycles. The number of rotatable bonds is 3. The van der Waals surface area contributed by atoms with E-state index in [9.17, 15) is 4.79 Å². The van der Waals surface area contributed by atoms with Gasteiger partial charge in [-0.3, -0.25) is 4.79 Å². The van der Waals surface area contributed by atoms with Gasteiger partial charge in [0.2, 0.25) is 0 Å². The van der Waals surface area contributed by atoms with Gasteiger partial charge in [0.15, 0.2) is 11.5 Å². The van der Waals surface area contributed by atoms with Gasteiger partial charge in [0.05, 0.1) is 12.0 Å². The molecule has 2 rings (SSSR count). The molecule has 1 aromatic carbocycles. The van der Waals surface area contributed by atoms with Gasteiger partial charge < -0.3 is 14.2 Å². The van der Waals surface area contributed by atoms with Crippen molar-refractivity contribution in [3.05, 3.63) is 23.3 Å². The Morgan fingerprint density at radius 3 is 2.42 bits per heavy atom. The second kappa shape index (κ2) is 5.11. The normalized spacial score (nSPS) is 14.1. The lowest BCUT2D eigenvalue weighted by Gasteiger charge is -2.27. The molecule has 1 heterocycles. The van der Waals surface area contributed by atoms with Crippen LogP contribution in [0.1, 0.15) is 31.9 Å². The maximum Gasteiger partial charge on any atom is 0.315 e. The van der Waals surface area contributed by atoms with E-state index >= 15 is 0 Å². The molecule has 0 N–H and O–H groups in total. The first kappa shape index (κ1) is 13.7. The van der Waals surface area contributed by atoms with Crippen molar-refractivity contribution in [1.82, 2.24) is 0 Å². The smallest absolute Gasteiger partial charge is 0.315 e. The number of esters is 1. The second-order valence-electron chi connectivity index (χ2n) is 5.16. The quantitative estimate of drug-likeness (QED) is 0.787. The third-order valence-electron chi connectivity index (χ3n) is 3.35. The summed E-state index contributed by atoms with van der Waals surface area (Å²) in [6.07, 6.45) is 0. The van der Waals surface area contributed by atoms with E-state index in [1.165, 1.54) is 0 Å². The first-order valence-electron chi connectivity index (χ1n) is 6.54. The van der Waals surface area contributed by atoms with Crippen LogP contribution < -0.4 is 9.47 Å². The summed E-state index contributed by atoms with van der Waals surface area (Å²) in [7, 11) is 0. The number of carbonyl (C=O) groups excluding carboxylic acids is 1. The molecule has 0 saturated carbocycles. The minimum atomic E-state index is -0.698. The number of aryl methyl sites for hydroxylation is 1. The number of carbonyl (C=O) groups is 1. The van der Waals surface area contributed by atoms with Crippen LogP contribution in [0.4, 0.5) is 0 Å². The molecule has 0 unspecified atom stereocenters. The number of hydrogen-bond acceptors (Lipinski definition) is 4. The van der Waals surface area contributed by atoms with Gasteiger partial charge in [-0.15, -0.1) is 0 Å². The fourth-order valence-corrected chi connectivity index (χ4v) is 2.29. The summed E-state index contributed by atoms with van der Waals surface area (Å²) in [4.78, 5) is 12.1. The Labute approximate surface area is 113 Å². The fraction of sp³-hybridized carbons (Fsp3) is 0.533. The summed E-state index contributed by atoms with van der Waals surface area (Å²) in [6.45, 7) is 8.99. The Morgan fingerprint density at radius 2 is 1.84 bits per heavy atom. The predicted octanol–water partition coefficient (Wildman–Crippen LogP) is 2.61. The van der Waals surface area contributed by atoms with E-state index in [1.807, 2.05) is 39.8 Å². The van der Waals surface area contributed by atoms with Crippen molar-refractivity contribution >= 4 is 5.97 Å². The Kier molecular flexibility index (Phi) is 3.69. The van der Waals surface area contributed by atoms with Crippen LogP contribution in [0.5, 0.6) is 11.5 Å². The van der Waals surface area contributed by atoms with E-state index in [1.54, 1.807) is 0 Å². The standard InChI is InChI=1S/C15H20O4/c1-5-17-14(16)15(3,4)11-9-13-12(8-10(11)2)18-6-7-19-13/h8-9H,5-7H2,1-4H3. The Morgan fingerprint density at radius 1 is 1.26 bits per heavy atom. The van der Waals surface area contributed by atoms with Gasteiger partial charge in [0, 0.05) is 0 Å². The summed E-state index contributed by atoms with van der Waals surface area (Å²) in [5, 5.41) is 0. The fourth-order valence-electron chi connectivity index (χ4n) is 2.29. The molecular weight excluding hydrogens is 244 g/mol. The lowest BCUT2D eigenvalue weighted by Crippen LogP contribution is -2.32. The SMILES string of the molecule is CCOC(=O)C(C)(C)c1cc2c(cc1C)OCCO2. The summed E-state index contributed by atoms with van der Waals surface area (Å²) < 4.78 is 16.3. The molecule has 0 bridgehead atoms. The van der Waals surface area contributed by atoms with Gasteiger partial charge in [-0.25, -0.2) is 0 Å². The van der Waals surface area contributed by atoms with E-state index in [0.717, 1.165) is 16.9 Å². The van der Waals surface area contributed by atoms with Crippen LogP contribution in [0.25, 0.3) is 0 Å². The predicted molar refractivity (Wildman–Crippen MR) is 71.8 cm³/mol. The molecular formula is C15H20O4. The van der Waals surface area contributed by atoms with Gasteiger partial charge in [0.25, 0.3) is 0 Å². The number of benzene rings is 1. The molecule has 1 aliphatic rings. The Balaban J connectivity index is 2.41. The molecule has 0 amide bonds. The highest BCUT2D eigenvalue weighted by Crippen LogP contribution is 2.38. The molecule has 19 heavy (non-hydrogen) atoms. The topological polar surface area (TPSA) is 44.8 Å². The Bertz CT molecular complexity index is 491. The molecule has 0 saturated heterocycles. The van der Waals surface area contributed by atoms with Crippen molar-refractivity contribution in [3.63, 3.8) is 0 Å². The molecule has 4 nitrogen and oxygen atoms in total. The molecule has 0 fully saturated rings. The van der Waals surface area contributed by atoms with Gasteiger partial charge in [-0.05, 0) is 51.0 Å². The van der Waals surface area contributed by atoms with E-state index in [0.29, 0.717) is 25.6 Å². The molecule has 0 spiro atoms. The van der Waals surface area contributed by atoms with Crippen molar-refractivity contribution < 1.29 is 19.0 Å². The maximum absolute atomic E-state index is 12.1. The molecule has 1 aromatic rings. The molecule has 104 valence electrons. The Hall–Kier alpha value is -1.71. The second-order valence-corrected chi connectivity index (χ2v) is 5.16. The van der Waals surface area contributed by atoms with Gasteiger partial charge in [0.1, 0.15) is 13.2 Å². The third-order valence-corrected chi connectivity index (χ3v) is 3.35. The van der Waals surface area contributed by atoms with E-state index < -0.39 is 5.41 Å². The van der Waals surface area contributed by atoms with Gasteiger partial charge in [-0.1, -0.05) is 0 Å². The van der Waals surface area contributed by atoms with Crippen LogP contribution >= 0.6 is 0 Å². The lowest BCUT2D eigenvalue weighted by molar-refractivity contribution is -0.148. The van der Waals surface area contributed by atoms with Crippen LogP contribution in [-0.2, 0) is 14.9 Å². The number of ether oxygens (including phenoxy) is 3. The van der Waals surface area contributed by atoms with Crippen LogP contribution in [0.15, 0.2) is 12.1 Å². The lowest BCUT2D eigenvalue weighted by atomic mass is 9.82. The highest BCUT2D eigenvalue weighted by molar-refractivity contribution is 5.83. The zero-order chi connectivity index (χ0) is 14.0. The highest BCUT2D eigenvalue weighted by Gasteiger charge is 2.34. The average molecular weight is 264 g/mol. The first-order chi connectivity index (χ1) is 8.96. The summed E-state index contributed by atoms with van der Waals surface area (Å²) in [5.41, 5.74) is 1.22. The minimum Gasteiger partial charge on any atom is -0.486 e. The van der Waals surface area contributed by atoms with E-state index in [-0.39, 0.29) is 5.97 Å². The van der Waals surface area contributed by atoms with Crippen molar-refractivity contribution in [3.8, 4) is 11.5 Å². The maximum atomic E-state index is 12.1. The molecule has 0 aromatic heterocycles. The van der Waals surface area contributed by atoms with Crippen LogP contribution in [-0.4, -0.2) is 25.8 Å². The van der Waals surface area contributed by atoms with Gasteiger partial charge >= 0.3 is 5.97 Å². The van der Waals surface area contributed by atoms with Crippen molar-refractivity contribution in [2.24, 2.45) is 0 Å². The van der Waals surface area contributed by atoms with Crippen molar-refractivity contribution in [2.45, 2.75) is 33.1 Å². The summed E-state index contributed by atoms with van der Waals surface area (Å²) >= 11 is 0. The van der Waals surface area contributed by atoms with Crippen LogP contribution in [0.2, 0.25) is 0 Å². The molecule has 0 radical (unpaired) electrons. The zero-order valence-corrected chi connectivity index (χ0v) is 11.9. The highest BCUT2D eigenvalue weighted by atomic mass is 16.6. The van der Waals surface area contributed by atoms with Crippen LogP contribution in [0.3, 0.4) is 0 Å². The number of hydrogen-bond donors (Lipinski definition) is 0. The van der Waals surface area contributed by atoms with Crippen LogP contribution in [0, 0.1) is 6.92 Å². The average Bonchev–Trinajstić information content (AvgIpc) is 2.38. The van der Waals surface area contributed by atoms with E-state index in [4.69, 9.17) is 14.2 Å². The summed E-state index contributed by atoms with van der Waals surface area (Å²) in [6, 6.07) is 3.81. The number of fused-ring (bicyclic) bond motifs is 1. The largest absolute Gasteiger partial charge is 0.486 e. The molecule has 4 heteroatoms. The monoisotopic (exact) mass is 264 g/mol. The molecule has 1 aliphatic heterocycles. The third kappa shape index (κ3) is 2.53. The van der Waals surface area contributed by atoms with Crippen molar-refractivity contribution in [2.75, 3.05) is 19.8 Å². The summed E-state index contributed by atoms with van der Waals surface area (Å²) in [5.74, 6) is 1.21. The van der Waals surface area contributed by atoms with Gasteiger partial charge in [-0.2, -0.15) is 0 Å². The zero-order valence-electron chi connectivity index (χ0n) is 11.9. The van der Waals surface area contributed by atoms with Crippen molar-refractivity contribution in [1.29, 1.82) is 0 Å². The minimum absolute atomic E-state index is 0.227. The van der Waals surface area contributed by atoms with E-state index in [2.05, 4.69) is 0 Å². The molecule has 0 atom stereocenters.